The van der Waals surface area contributed by atoms with Crippen molar-refractivity contribution < 1.29 is 9.90 Å². The number of benzene rings is 1. The van der Waals surface area contributed by atoms with Gasteiger partial charge >= 0.3 is 5.97 Å². The van der Waals surface area contributed by atoms with Crippen LogP contribution in [0.5, 0.6) is 0 Å². The van der Waals surface area contributed by atoms with Gasteiger partial charge in [0.1, 0.15) is 0 Å². The van der Waals surface area contributed by atoms with Crippen molar-refractivity contribution in [3.05, 3.63) is 34.9 Å². The third kappa shape index (κ3) is 1.62. The van der Waals surface area contributed by atoms with E-state index in [0.717, 1.165) is 0 Å². The van der Waals surface area contributed by atoms with Crippen molar-refractivity contribution in [1.29, 1.82) is 0 Å². The van der Waals surface area contributed by atoms with E-state index in [4.69, 9.17) is 5.11 Å². The highest BCUT2D eigenvalue weighted by Gasteiger charge is 2.62. The van der Waals surface area contributed by atoms with Crippen molar-refractivity contribution in [2.45, 2.75) is 33.6 Å². The van der Waals surface area contributed by atoms with Gasteiger partial charge in [-0.2, -0.15) is 0 Å². The molecule has 1 aliphatic rings. The molecule has 0 aliphatic heterocycles. The van der Waals surface area contributed by atoms with Gasteiger partial charge in [-0.15, -0.1) is 0 Å². The lowest BCUT2D eigenvalue weighted by Gasteiger charge is -2.05. The summed E-state index contributed by atoms with van der Waals surface area (Å²) in [5.74, 6) is -0.730. The molecule has 0 bridgehead atoms. The molecule has 0 aromatic heterocycles. The Balaban J connectivity index is 2.37. The summed E-state index contributed by atoms with van der Waals surface area (Å²) in [5, 5.41) is 9.16. The number of hydrogen-bond acceptors (Lipinski definition) is 1. The molecular formula is C14H18O2. The maximum absolute atomic E-state index is 11.1. The second-order valence-electron chi connectivity index (χ2n) is 5.54. The van der Waals surface area contributed by atoms with E-state index in [1.807, 2.05) is 13.8 Å². The molecule has 2 unspecified atom stereocenters. The number of carbonyl (C=O) groups is 1. The molecule has 1 aliphatic carbocycles. The lowest BCUT2D eigenvalue weighted by molar-refractivity contribution is -0.139. The molecule has 0 amide bonds. The first kappa shape index (κ1) is 11.2. The number of aliphatic carboxylic acids is 1. The molecule has 1 aromatic carbocycles. The molecule has 86 valence electrons. The molecular weight excluding hydrogens is 200 g/mol. The predicted molar refractivity (Wildman–Crippen MR) is 63.6 cm³/mol. The van der Waals surface area contributed by atoms with E-state index in [2.05, 4.69) is 32.0 Å². The van der Waals surface area contributed by atoms with Crippen molar-refractivity contribution >= 4 is 5.97 Å². The lowest BCUT2D eigenvalue weighted by Crippen LogP contribution is -2.03. The van der Waals surface area contributed by atoms with Crippen LogP contribution in [0.25, 0.3) is 0 Å². The fourth-order valence-electron chi connectivity index (χ4n) is 2.91. The van der Waals surface area contributed by atoms with Gasteiger partial charge in [0.05, 0.1) is 5.92 Å². The molecule has 1 aromatic rings. The minimum atomic E-state index is -0.672. The molecule has 1 fully saturated rings. The predicted octanol–water partition coefficient (Wildman–Crippen LogP) is 3.13. The van der Waals surface area contributed by atoms with Crippen LogP contribution in [0, 0.1) is 25.2 Å². The number of aryl methyl sites for hydroxylation is 2. The van der Waals surface area contributed by atoms with Gasteiger partial charge in [0.2, 0.25) is 0 Å². The highest BCUT2D eigenvalue weighted by atomic mass is 16.4. The van der Waals surface area contributed by atoms with E-state index in [1.165, 1.54) is 16.7 Å². The smallest absolute Gasteiger partial charge is 0.307 e. The van der Waals surface area contributed by atoms with Gasteiger partial charge in [0, 0.05) is 5.92 Å². The number of carboxylic acids is 1. The molecule has 2 heteroatoms. The Hall–Kier alpha value is -1.31. The maximum atomic E-state index is 11.1. The van der Waals surface area contributed by atoms with Gasteiger partial charge in [0.15, 0.2) is 0 Å². The molecule has 2 rings (SSSR count). The van der Waals surface area contributed by atoms with E-state index in [-0.39, 0.29) is 17.3 Å². The Bertz CT molecular complexity index is 426. The molecule has 2 atom stereocenters. The molecule has 1 saturated carbocycles. The van der Waals surface area contributed by atoms with E-state index >= 15 is 0 Å². The van der Waals surface area contributed by atoms with E-state index in [9.17, 15) is 4.79 Å². The topological polar surface area (TPSA) is 37.3 Å². The summed E-state index contributed by atoms with van der Waals surface area (Å²) in [6.07, 6.45) is 0. The fraction of sp³-hybridized carbons (Fsp3) is 0.500. The first-order chi connectivity index (χ1) is 7.34. The Morgan fingerprint density at radius 3 is 2.06 bits per heavy atom. The zero-order chi connectivity index (χ0) is 12.1. The highest BCUT2D eigenvalue weighted by molar-refractivity contribution is 5.77. The number of carboxylic acid groups (broad SMARTS) is 1. The van der Waals surface area contributed by atoms with Gasteiger partial charge < -0.3 is 5.11 Å². The fourth-order valence-corrected chi connectivity index (χ4v) is 2.91. The van der Waals surface area contributed by atoms with Crippen LogP contribution in [0.1, 0.15) is 36.5 Å². The third-order valence-electron chi connectivity index (χ3n) is 3.70. The average molecular weight is 218 g/mol. The summed E-state index contributed by atoms with van der Waals surface area (Å²) < 4.78 is 0. The van der Waals surface area contributed by atoms with Gasteiger partial charge in [0.25, 0.3) is 0 Å². The van der Waals surface area contributed by atoms with Gasteiger partial charge in [-0.25, -0.2) is 0 Å². The molecule has 2 nitrogen and oxygen atoms in total. The van der Waals surface area contributed by atoms with E-state index in [0.29, 0.717) is 0 Å². The summed E-state index contributed by atoms with van der Waals surface area (Å²) >= 11 is 0. The van der Waals surface area contributed by atoms with Gasteiger partial charge in [-0.3, -0.25) is 4.79 Å². The van der Waals surface area contributed by atoms with Crippen LogP contribution in [0.2, 0.25) is 0 Å². The van der Waals surface area contributed by atoms with Gasteiger partial charge in [-0.1, -0.05) is 43.2 Å². The zero-order valence-corrected chi connectivity index (χ0v) is 10.2. The second kappa shape index (κ2) is 3.34. The first-order valence-electron chi connectivity index (χ1n) is 5.65. The monoisotopic (exact) mass is 218 g/mol. The van der Waals surface area contributed by atoms with Crippen molar-refractivity contribution in [3.63, 3.8) is 0 Å². The Morgan fingerprint density at radius 2 is 1.69 bits per heavy atom. The molecule has 0 radical (unpaired) electrons. The lowest BCUT2D eigenvalue weighted by atomic mass is 9.99. The van der Waals surface area contributed by atoms with Crippen molar-refractivity contribution in [3.8, 4) is 0 Å². The van der Waals surface area contributed by atoms with Crippen molar-refractivity contribution in [1.82, 2.24) is 0 Å². The van der Waals surface area contributed by atoms with Crippen LogP contribution in [-0.4, -0.2) is 11.1 Å². The van der Waals surface area contributed by atoms with Crippen molar-refractivity contribution in [2.24, 2.45) is 11.3 Å². The third-order valence-corrected chi connectivity index (χ3v) is 3.70. The largest absolute Gasteiger partial charge is 0.481 e. The molecule has 1 N–H and O–H groups in total. The minimum Gasteiger partial charge on any atom is -0.481 e. The van der Waals surface area contributed by atoms with Crippen LogP contribution in [0.4, 0.5) is 0 Å². The summed E-state index contributed by atoms with van der Waals surface area (Å²) in [6.45, 7) is 8.19. The molecule has 0 spiro atoms. The molecule has 0 heterocycles. The van der Waals surface area contributed by atoms with Crippen LogP contribution in [0.15, 0.2) is 18.2 Å². The van der Waals surface area contributed by atoms with E-state index < -0.39 is 5.97 Å². The van der Waals surface area contributed by atoms with Crippen LogP contribution in [-0.2, 0) is 4.79 Å². The minimum absolute atomic E-state index is 0.105. The van der Waals surface area contributed by atoms with Crippen LogP contribution in [0.3, 0.4) is 0 Å². The molecule has 0 saturated heterocycles. The van der Waals surface area contributed by atoms with Crippen LogP contribution < -0.4 is 0 Å². The maximum Gasteiger partial charge on any atom is 0.307 e. The molecule has 16 heavy (non-hydrogen) atoms. The normalized spacial score (nSPS) is 26.5. The van der Waals surface area contributed by atoms with Crippen molar-refractivity contribution in [2.75, 3.05) is 0 Å². The Labute approximate surface area is 96.3 Å². The summed E-state index contributed by atoms with van der Waals surface area (Å²) in [4.78, 5) is 11.1. The van der Waals surface area contributed by atoms with Crippen LogP contribution >= 0.6 is 0 Å². The quantitative estimate of drug-likeness (QED) is 0.828. The summed E-state index contributed by atoms with van der Waals surface area (Å²) in [5.41, 5.74) is 3.49. The second-order valence-corrected chi connectivity index (χ2v) is 5.54. The Morgan fingerprint density at radius 1 is 1.19 bits per heavy atom. The average Bonchev–Trinajstić information content (AvgIpc) is 2.67. The summed E-state index contributed by atoms with van der Waals surface area (Å²) in [7, 11) is 0. The van der Waals surface area contributed by atoms with E-state index in [1.54, 1.807) is 0 Å². The number of rotatable bonds is 2. The standard InChI is InChI=1S/C14H18O2/c1-8-5-9(2)7-10(6-8)11-12(13(15)16)14(11,3)4/h5-7,11-12H,1-4H3,(H,15,16). The zero-order valence-electron chi connectivity index (χ0n) is 10.2. The SMILES string of the molecule is Cc1cc(C)cc(C2C(C(=O)O)C2(C)C)c1. The summed E-state index contributed by atoms with van der Waals surface area (Å²) in [6, 6.07) is 6.35. The first-order valence-corrected chi connectivity index (χ1v) is 5.65. The highest BCUT2D eigenvalue weighted by Crippen LogP contribution is 2.64. The van der Waals surface area contributed by atoms with Gasteiger partial charge in [-0.05, 0) is 24.8 Å². The Kier molecular flexibility index (Phi) is 2.33. The number of hydrogen-bond donors (Lipinski definition) is 1.